The van der Waals surface area contributed by atoms with Crippen LogP contribution < -0.4 is 0 Å². The Morgan fingerprint density at radius 2 is 1.88 bits per heavy atom. The van der Waals surface area contributed by atoms with E-state index in [1.165, 1.54) is 12.5 Å². The van der Waals surface area contributed by atoms with Crippen LogP contribution in [-0.4, -0.2) is 20.9 Å². The van der Waals surface area contributed by atoms with Crippen LogP contribution in [0.3, 0.4) is 0 Å². The maximum atomic E-state index is 11.5. The molecule has 0 saturated heterocycles. The molecule has 0 aliphatic carbocycles. The summed E-state index contributed by atoms with van der Waals surface area (Å²) in [5.74, 6) is 0. The van der Waals surface area contributed by atoms with Crippen LogP contribution in [-0.2, 0) is 21.1 Å². The minimum absolute atomic E-state index is 0.723. The summed E-state index contributed by atoms with van der Waals surface area (Å²) < 4.78 is 33.4. The van der Waals surface area contributed by atoms with Gasteiger partial charge in [0.05, 0.1) is 0 Å². The van der Waals surface area contributed by atoms with Crippen molar-refractivity contribution in [2.45, 2.75) is 0 Å². The van der Waals surface area contributed by atoms with Gasteiger partial charge in [-0.1, -0.05) is 14.6 Å². The Morgan fingerprint density at radius 3 is 1.88 bits per heavy atom. The van der Waals surface area contributed by atoms with Gasteiger partial charge < -0.3 is 0 Å². The Morgan fingerprint density at radius 1 is 1.50 bits per heavy atom. The molecule has 3 nitrogen and oxygen atoms in total. The average molecular weight is 159 g/mol. The first-order valence-electron chi connectivity index (χ1n) is 1.67. The van der Waals surface area contributed by atoms with Gasteiger partial charge in [-0.05, 0) is 12.5 Å². The number of nitrogens with zero attached hydrogens (tertiary/aromatic N) is 1. The molecule has 0 radical (unpaired) electrons. The normalized spacial score (nSPS) is 12.0. The standard InChI is InChI=1S/C2H6FNO2S2/c1-7(2)4-8(3,5)6/h1-2H3. The first-order valence-corrected chi connectivity index (χ1v) is 5.01. The predicted molar refractivity (Wildman–Crippen MR) is 31.7 cm³/mol. The fourth-order valence-electron chi connectivity index (χ4n) is 0.178. The van der Waals surface area contributed by atoms with Crippen LogP contribution in [0.5, 0.6) is 0 Å². The van der Waals surface area contributed by atoms with E-state index in [1.807, 2.05) is 0 Å². The lowest BCUT2D eigenvalue weighted by atomic mass is 11.9. The quantitative estimate of drug-likeness (QED) is 0.515. The molecule has 0 rings (SSSR count). The molecule has 0 atom stereocenters. The van der Waals surface area contributed by atoms with Crippen molar-refractivity contribution in [3.63, 3.8) is 0 Å². The number of hydrogen-bond donors (Lipinski definition) is 0. The zero-order valence-corrected chi connectivity index (χ0v) is 6.09. The first-order chi connectivity index (χ1) is 3.42. The lowest BCUT2D eigenvalue weighted by Gasteiger charge is -1.82. The highest BCUT2D eigenvalue weighted by Crippen LogP contribution is 1.92. The molecule has 0 aromatic heterocycles. The van der Waals surface area contributed by atoms with Gasteiger partial charge in [0.2, 0.25) is 0 Å². The Hall–Kier alpha value is 0.0300. The second-order valence-corrected chi connectivity index (χ2v) is 4.23. The molecular weight excluding hydrogens is 153 g/mol. The summed E-state index contributed by atoms with van der Waals surface area (Å²) in [6, 6.07) is 0. The minimum Gasteiger partial charge on any atom is -0.169 e. The lowest BCUT2D eigenvalue weighted by molar-refractivity contribution is 0.555. The zero-order valence-electron chi connectivity index (χ0n) is 4.46. The summed E-state index contributed by atoms with van der Waals surface area (Å²) in [6.07, 6.45) is 3.02. The van der Waals surface area contributed by atoms with Crippen LogP contribution in [0.4, 0.5) is 3.89 Å². The highest BCUT2D eigenvalue weighted by Gasteiger charge is 1.99. The van der Waals surface area contributed by atoms with Crippen LogP contribution in [0.15, 0.2) is 3.77 Å². The maximum absolute atomic E-state index is 11.5. The van der Waals surface area contributed by atoms with Gasteiger partial charge in [0.15, 0.2) is 0 Å². The fraction of sp³-hybridized carbons (Fsp3) is 1.00. The molecule has 6 heteroatoms. The highest BCUT2D eigenvalue weighted by molar-refractivity contribution is 7.96. The average Bonchev–Trinajstić information content (AvgIpc) is 1.21. The molecule has 0 spiro atoms. The van der Waals surface area contributed by atoms with Crippen LogP contribution >= 0.6 is 0 Å². The Balaban J connectivity index is 4.36. The molecule has 0 amide bonds. The van der Waals surface area contributed by atoms with Crippen molar-refractivity contribution < 1.29 is 12.3 Å². The van der Waals surface area contributed by atoms with E-state index in [0.29, 0.717) is 0 Å². The summed E-state index contributed by atoms with van der Waals surface area (Å²) in [5.41, 5.74) is 0. The predicted octanol–water partition coefficient (Wildman–Crippen LogP) is 0.262. The number of hydrogen-bond acceptors (Lipinski definition) is 2. The topological polar surface area (TPSA) is 46.5 Å². The molecule has 0 unspecified atom stereocenters. The third-order valence-corrected chi connectivity index (χ3v) is 2.14. The molecule has 0 aliphatic rings. The van der Waals surface area contributed by atoms with Gasteiger partial charge in [0, 0.05) is 0 Å². The van der Waals surface area contributed by atoms with Gasteiger partial charge in [0.1, 0.15) is 0 Å². The fourth-order valence-corrected chi connectivity index (χ4v) is 1.60. The highest BCUT2D eigenvalue weighted by atomic mass is 32.3. The second-order valence-electron chi connectivity index (χ2n) is 1.26. The van der Waals surface area contributed by atoms with Gasteiger partial charge in [-0.25, -0.2) is 0 Å². The molecule has 0 saturated carbocycles. The molecule has 0 aliphatic heterocycles. The minimum atomic E-state index is -4.59. The summed E-state index contributed by atoms with van der Waals surface area (Å²) in [4.78, 5) is 0. The van der Waals surface area contributed by atoms with E-state index in [1.54, 1.807) is 0 Å². The van der Waals surface area contributed by atoms with Crippen LogP contribution in [0, 0.1) is 0 Å². The summed E-state index contributed by atoms with van der Waals surface area (Å²) in [6.45, 7) is 0. The monoisotopic (exact) mass is 159 g/mol. The number of halogens is 1. The van der Waals surface area contributed by atoms with Crippen molar-refractivity contribution in [3.05, 3.63) is 0 Å². The smallest absolute Gasteiger partial charge is 0.169 e. The van der Waals surface area contributed by atoms with Crippen LogP contribution in [0.25, 0.3) is 0 Å². The van der Waals surface area contributed by atoms with E-state index in [2.05, 4.69) is 3.77 Å². The molecule has 8 heavy (non-hydrogen) atoms. The molecule has 0 bridgehead atoms. The van der Waals surface area contributed by atoms with Crippen LogP contribution in [0.1, 0.15) is 0 Å². The molecule has 0 fully saturated rings. The van der Waals surface area contributed by atoms with Crippen molar-refractivity contribution in [3.8, 4) is 0 Å². The van der Waals surface area contributed by atoms with Crippen LogP contribution in [0.2, 0.25) is 0 Å². The molecule has 0 N–H and O–H groups in total. The van der Waals surface area contributed by atoms with Gasteiger partial charge in [0.25, 0.3) is 0 Å². The molecule has 50 valence electrons. The van der Waals surface area contributed by atoms with E-state index in [4.69, 9.17) is 0 Å². The number of rotatable bonds is 1. The maximum Gasteiger partial charge on any atom is 0.423 e. The SMILES string of the molecule is CS(C)=NS(=O)(=O)F. The Bertz CT molecular complexity index is 190. The third-order valence-electron chi connectivity index (χ3n) is 0.238. The molecule has 0 heterocycles. The van der Waals surface area contributed by atoms with Crippen molar-refractivity contribution in [1.29, 1.82) is 0 Å². The zero-order chi connectivity index (χ0) is 6.78. The van der Waals surface area contributed by atoms with E-state index in [-0.39, 0.29) is 0 Å². The third kappa shape index (κ3) is 6.03. The van der Waals surface area contributed by atoms with Crippen molar-refractivity contribution in [1.82, 2.24) is 0 Å². The first kappa shape index (κ1) is 8.03. The van der Waals surface area contributed by atoms with Crippen molar-refractivity contribution >= 4 is 21.1 Å². The van der Waals surface area contributed by atoms with Crippen molar-refractivity contribution in [2.24, 2.45) is 3.77 Å². The van der Waals surface area contributed by atoms with Crippen molar-refractivity contribution in [2.75, 3.05) is 12.5 Å². The second kappa shape index (κ2) is 2.54. The molecule has 0 aromatic carbocycles. The van der Waals surface area contributed by atoms with Gasteiger partial charge in [-0.3, -0.25) is 0 Å². The summed E-state index contributed by atoms with van der Waals surface area (Å²) >= 11 is 0. The lowest BCUT2D eigenvalue weighted by Crippen LogP contribution is -1.86. The Kier molecular flexibility index (Phi) is 2.55. The summed E-state index contributed by atoms with van der Waals surface area (Å²) in [7, 11) is -5.31. The van der Waals surface area contributed by atoms with E-state index in [0.717, 1.165) is 0 Å². The van der Waals surface area contributed by atoms with Gasteiger partial charge in [-0.15, -0.1) is 3.77 Å². The van der Waals surface area contributed by atoms with E-state index in [9.17, 15) is 12.3 Å². The Labute approximate surface area is 50.4 Å². The summed E-state index contributed by atoms with van der Waals surface area (Å²) in [5, 5.41) is 0. The molecular formula is C2H6FNO2S2. The van der Waals surface area contributed by atoms with Gasteiger partial charge in [-0.2, -0.15) is 8.42 Å². The van der Waals surface area contributed by atoms with Gasteiger partial charge >= 0.3 is 10.4 Å². The largest absolute Gasteiger partial charge is 0.423 e. The van der Waals surface area contributed by atoms with E-state index < -0.39 is 21.1 Å². The molecule has 0 aromatic rings. The van der Waals surface area contributed by atoms with E-state index >= 15 is 0 Å².